The molecule has 1 aliphatic carbocycles. The lowest BCUT2D eigenvalue weighted by Gasteiger charge is -2.35. The van der Waals surface area contributed by atoms with E-state index >= 15 is 0 Å². The summed E-state index contributed by atoms with van der Waals surface area (Å²) >= 11 is 4.90. The van der Waals surface area contributed by atoms with Crippen molar-refractivity contribution in [2.24, 2.45) is 0 Å². The van der Waals surface area contributed by atoms with Gasteiger partial charge in [-0.05, 0) is 51.3 Å². The summed E-state index contributed by atoms with van der Waals surface area (Å²) in [4.78, 5) is 17.7. The average Bonchev–Trinajstić information content (AvgIpc) is 3.26. The fraction of sp³-hybridized carbons (Fsp3) is 0.222. The van der Waals surface area contributed by atoms with E-state index in [0.717, 1.165) is 17.3 Å². The number of halogens is 1. The Labute approximate surface area is 152 Å². The standard InChI is InChI=1S/C18H16BrN3OS/c19-14-7-10-24-17(14)18(23)21-16-13-4-2-1-3-12(13)5-6-15(16)22-9-8-20-11-22/h1-4,7-11,15-16H,5-6H2,(H,21,23)/t15-,16-/m0/s1. The summed E-state index contributed by atoms with van der Waals surface area (Å²) < 4.78 is 2.94. The van der Waals surface area contributed by atoms with Crippen LogP contribution in [0.5, 0.6) is 0 Å². The molecule has 3 aromatic rings. The van der Waals surface area contributed by atoms with Crippen molar-refractivity contribution in [3.8, 4) is 0 Å². The summed E-state index contributed by atoms with van der Waals surface area (Å²) in [6.07, 6.45) is 7.57. The summed E-state index contributed by atoms with van der Waals surface area (Å²) in [5.74, 6) is -0.0382. The van der Waals surface area contributed by atoms with Crippen LogP contribution in [0, 0.1) is 0 Å². The topological polar surface area (TPSA) is 46.9 Å². The molecule has 2 heterocycles. The molecule has 24 heavy (non-hydrogen) atoms. The molecule has 2 atom stereocenters. The molecule has 4 rings (SSSR count). The van der Waals surface area contributed by atoms with Crippen LogP contribution in [0.25, 0.3) is 0 Å². The first-order valence-corrected chi connectivity index (χ1v) is 9.50. The fourth-order valence-electron chi connectivity index (χ4n) is 3.37. The largest absolute Gasteiger partial charge is 0.342 e. The van der Waals surface area contributed by atoms with Gasteiger partial charge in [0.1, 0.15) is 4.88 Å². The van der Waals surface area contributed by atoms with Gasteiger partial charge in [-0.15, -0.1) is 11.3 Å². The SMILES string of the molecule is O=C(N[C@H]1c2ccccc2CC[C@@H]1n1ccnc1)c1sccc1Br. The van der Waals surface area contributed by atoms with Gasteiger partial charge < -0.3 is 9.88 Å². The lowest BCUT2D eigenvalue weighted by Crippen LogP contribution is -2.37. The highest BCUT2D eigenvalue weighted by Crippen LogP contribution is 2.38. The number of fused-ring (bicyclic) bond motifs is 1. The van der Waals surface area contributed by atoms with E-state index in [1.54, 1.807) is 6.20 Å². The van der Waals surface area contributed by atoms with Crippen LogP contribution in [0.2, 0.25) is 0 Å². The molecule has 0 bridgehead atoms. The number of hydrogen-bond acceptors (Lipinski definition) is 3. The minimum Gasteiger partial charge on any atom is -0.342 e. The quantitative estimate of drug-likeness (QED) is 0.708. The van der Waals surface area contributed by atoms with Crippen LogP contribution in [0.15, 0.2) is 58.9 Å². The molecule has 122 valence electrons. The predicted molar refractivity (Wildman–Crippen MR) is 98.3 cm³/mol. The van der Waals surface area contributed by atoms with Crippen LogP contribution in [-0.2, 0) is 6.42 Å². The number of carbonyl (C=O) groups excluding carboxylic acids is 1. The first-order valence-electron chi connectivity index (χ1n) is 7.83. The molecule has 0 radical (unpaired) electrons. The highest BCUT2D eigenvalue weighted by atomic mass is 79.9. The Bertz CT molecular complexity index is 859. The van der Waals surface area contributed by atoms with E-state index in [0.29, 0.717) is 4.88 Å². The van der Waals surface area contributed by atoms with Gasteiger partial charge >= 0.3 is 0 Å². The maximum atomic E-state index is 12.8. The van der Waals surface area contributed by atoms with Gasteiger partial charge in [-0.25, -0.2) is 4.98 Å². The predicted octanol–water partition coefficient (Wildman–Crippen LogP) is 4.37. The van der Waals surface area contributed by atoms with Crippen molar-refractivity contribution in [3.05, 3.63) is 74.9 Å². The second-order valence-electron chi connectivity index (χ2n) is 5.86. The monoisotopic (exact) mass is 401 g/mol. The third kappa shape index (κ3) is 2.80. The summed E-state index contributed by atoms with van der Waals surface area (Å²) in [6.45, 7) is 0. The maximum absolute atomic E-state index is 12.8. The Hall–Kier alpha value is -1.92. The number of nitrogens with zero attached hydrogens (tertiary/aromatic N) is 2. The first-order chi connectivity index (χ1) is 11.7. The number of hydrogen-bond donors (Lipinski definition) is 1. The molecule has 1 amide bonds. The van der Waals surface area contributed by atoms with Crippen molar-refractivity contribution in [1.29, 1.82) is 0 Å². The Morgan fingerprint density at radius 2 is 2.21 bits per heavy atom. The lowest BCUT2D eigenvalue weighted by atomic mass is 9.84. The molecule has 4 nitrogen and oxygen atoms in total. The van der Waals surface area contributed by atoms with Crippen molar-refractivity contribution in [1.82, 2.24) is 14.9 Å². The van der Waals surface area contributed by atoms with Crippen LogP contribution in [0.3, 0.4) is 0 Å². The number of benzene rings is 1. The van der Waals surface area contributed by atoms with Gasteiger partial charge in [0.05, 0.1) is 18.4 Å². The van der Waals surface area contributed by atoms with Crippen LogP contribution in [0.4, 0.5) is 0 Å². The molecule has 1 N–H and O–H groups in total. The van der Waals surface area contributed by atoms with Gasteiger partial charge in [0.2, 0.25) is 0 Å². The van der Waals surface area contributed by atoms with Crippen LogP contribution < -0.4 is 5.32 Å². The number of aromatic nitrogens is 2. The fourth-order valence-corrected chi connectivity index (χ4v) is 4.82. The number of rotatable bonds is 3. The first kappa shape index (κ1) is 15.6. The second kappa shape index (κ2) is 6.53. The van der Waals surface area contributed by atoms with Crippen LogP contribution in [0.1, 0.15) is 39.3 Å². The zero-order chi connectivity index (χ0) is 16.5. The molecule has 0 saturated heterocycles. The van der Waals surface area contributed by atoms with E-state index in [2.05, 4.69) is 49.0 Å². The number of amides is 1. The van der Waals surface area contributed by atoms with Crippen molar-refractivity contribution in [2.45, 2.75) is 24.9 Å². The number of imidazole rings is 1. The third-order valence-corrected chi connectivity index (χ3v) is 6.34. The minimum absolute atomic E-state index is 0.0382. The molecule has 1 aromatic carbocycles. The zero-order valence-corrected chi connectivity index (χ0v) is 15.3. The molecule has 2 aromatic heterocycles. The molecule has 6 heteroatoms. The third-order valence-electron chi connectivity index (χ3n) is 4.50. The number of aryl methyl sites for hydroxylation is 1. The molecular weight excluding hydrogens is 386 g/mol. The van der Waals surface area contributed by atoms with Gasteiger partial charge in [0, 0.05) is 16.9 Å². The second-order valence-corrected chi connectivity index (χ2v) is 7.63. The van der Waals surface area contributed by atoms with Crippen molar-refractivity contribution in [2.75, 3.05) is 0 Å². The van der Waals surface area contributed by atoms with Gasteiger partial charge in [-0.1, -0.05) is 24.3 Å². The van der Waals surface area contributed by atoms with E-state index in [-0.39, 0.29) is 18.0 Å². The van der Waals surface area contributed by atoms with E-state index in [4.69, 9.17) is 0 Å². The summed E-state index contributed by atoms with van der Waals surface area (Å²) in [5, 5.41) is 5.17. The molecule has 0 unspecified atom stereocenters. The van der Waals surface area contributed by atoms with E-state index in [9.17, 15) is 4.79 Å². The smallest absolute Gasteiger partial charge is 0.263 e. The van der Waals surface area contributed by atoms with Gasteiger partial charge in [-0.2, -0.15) is 0 Å². The molecular formula is C18H16BrN3OS. The van der Waals surface area contributed by atoms with Gasteiger partial charge in [0.25, 0.3) is 5.91 Å². The summed E-state index contributed by atoms with van der Waals surface area (Å²) in [6, 6.07) is 10.4. The summed E-state index contributed by atoms with van der Waals surface area (Å²) in [7, 11) is 0. The number of thiophene rings is 1. The highest BCUT2D eigenvalue weighted by Gasteiger charge is 2.32. The Morgan fingerprint density at radius 3 is 2.96 bits per heavy atom. The minimum atomic E-state index is -0.0642. The lowest BCUT2D eigenvalue weighted by molar-refractivity contribution is 0.0921. The van der Waals surface area contributed by atoms with Crippen molar-refractivity contribution in [3.63, 3.8) is 0 Å². The van der Waals surface area contributed by atoms with E-state index in [1.807, 2.05) is 30.0 Å². The Morgan fingerprint density at radius 1 is 1.33 bits per heavy atom. The van der Waals surface area contributed by atoms with Gasteiger partial charge in [-0.3, -0.25) is 4.79 Å². The Balaban J connectivity index is 1.70. The van der Waals surface area contributed by atoms with Crippen molar-refractivity contribution < 1.29 is 4.79 Å². The number of nitrogens with one attached hydrogen (secondary N) is 1. The normalized spacial score (nSPS) is 19.7. The molecule has 0 aliphatic heterocycles. The van der Waals surface area contributed by atoms with Crippen LogP contribution >= 0.6 is 27.3 Å². The molecule has 0 spiro atoms. The van der Waals surface area contributed by atoms with Gasteiger partial charge in [0.15, 0.2) is 0 Å². The maximum Gasteiger partial charge on any atom is 0.263 e. The molecule has 0 saturated carbocycles. The highest BCUT2D eigenvalue weighted by molar-refractivity contribution is 9.10. The molecule has 1 aliphatic rings. The van der Waals surface area contributed by atoms with Crippen molar-refractivity contribution >= 4 is 33.2 Å². The Kier molecular flexibility index (Phi) is 4.24. The average molecular weight is 402 g/mol. The van der Waals surface area contributed by atoms with E-state index < -0.39 is 0 Å². The molecule has 0 fully saturated rings. The van der Waals surface area contributed by atoms with E-state index in [1.165, 1.54) is 22.5 Å². The summed E-state index contributed by atoms with van der Waals surface area (Å²) in [5.41, 5.74) is 2.51. The number of carbonyl (C=O) groups is 1. The zero-order valence-electron chi connectivity index (χ0n) is 12.9. The van der Waals surface area contributed by atoms with Crippen LogP contribution in [-0.4, -0.2) is 15.5 Å².